The quantitative estimate of drug-likeness (QED) is 0.693. The highest BCUT2D eigenvalue weighted by Gasteiger charge is 2.08. The molecule has 102 valence electrons. The van der Waals surface area contributed by atoms with Crippen molar-refractivity contribution >= 4 is 39.9 Å². The molecule has 2 aromatic heterocycles. The third-order valence-electron chi connectivity index (χ3n) is 3.00. The highest BCUT2D eigenvalue weighted by molar-refractivity contribution is 6.35. The van der Waals surface area contributed by atoms with E-state index < -0.39 is 5.82 Å². The molecule has 3 aromatic rings. The largest absolute Gasteiger partial charge is 0.381 e. The molecule has 0 saturated carbocycles. The van der Waals surface area contributed by atoms with Crippen molar-refractivity contribution in [3.63, 3.8) is 0 Å². The number of aromatic nitrogens is 2. The summed E-state index contributed by atoms with van der Waals surface area (Å²) in [6, 6.07) is 6.89. The number of pyridine rings is 1. The Morgan fingerprint density at radius 3 is 2.75 bits per heavy atom. The Hall–Kier alpha value is -1.78. The highest BCUT2D eigenvalue weighted by atomic mass is 35.5. The lowest BCUT2D eigenvalue weighted by Gasteiger charge is -2.07. The van der Waals surface area contributed by atoms with E-state index in [2.05, 4.69) is 15.3 Å². The molecule has 0 atom stereocenters. The smallest absolute Gasteiger partial charge is 0.160 e. The molecule has 0 aliphatic rings. The zero-order chi connectivity index (χ0) is 14.1. The number of aromatic amines is 1. The van der Waals surface area contributed by atoms with Crippen LogP contribution in [0.1, 0.15) is 5.56 Å². The van der Waals surface area contributed by atoms with E-state index in [9.17, 15) is 4.39 Å². The number of H-pyrrole nitrogens is 1. The van der Waals surface area contributed by atoms with Gasteiger partial charge < -0.3 is 10.3 Å². The number of anilines is 1. The Balaban J connectivity index is 1.83. The van der Waals surface area contributed by atoms with Crippen molar-refractivity contribution in [3.05, 3.63) is 58.1 Å². The number of nitrogens with zero attached hydrogens (tertiary/aromatic N) is 1. The molecule has 1 aromatic carbocycles. The summed E-state index contributed by atoms with van der Waals surface area (Å²) in [4.78, 5) is 7.31. The number of hydrogen-bond donors (Lipinski definition) is 2. The number of benzene rings is 1. The van der Waals surface area contributed by atoms with Crippen molar-refractivity contribution in [2.45, 2.75) is 6.54 Å². The lowest BCUT2D eigenvalue weighted by Crippen LogP contribution is -1.99. The SMILES string of the molecule is Fc1c(Cl)cc(NCc2c[nH]c3ncccc23)cc1Cl. The summed E-state index contributed by atoms with van der Waals surface area (Å²) in [6.07, 6.45) is 3.62. The topological polar surface area (TPSA) is 40.7 Å². The summed E-state index contributed by atoms with van der Waals surface area (Å²) < 4.78 is 13.3. The second kappa shape index (κ2) is 5.31. The van der Waals surface area contributed by atoms with Crippen molar-refractivity contribution in [1.82, 2.24) is 9.97 Å². The van der Waals surface area contributed by atoms with Crippen LogP contribution in [0.3, 0.4) is 0 Å². The van der Waals surface area contributed by atoms with E-state index in [1.165, 1.54) is 12.1 Å². The molecule has 20 heavy (non-hydrogen) atoms. The van der Waals surface area contributed by atoms with E-state index in [0.29, 0.717) is 12.2 Å². The van der Waals surface area contributed by atoms with Crippen LogP contribution in [0.5, 0.6) is 0 Å². The van der Waals surface area contributed by atoms with Crippen LogP contribution in [0.2, 0.25) is 10.0 Å². The van der Waals surface area contributed by atoms with Crippen LogP contribution in [0.4, 0.5) is 10.1 Å². The van der Waals surface area contributed by atoms with Crippen molar-refractivity contribution in [3.8, 4) is 0 Å². The monoisotopic (exact) mass is 309 g/mol. The van der Waals surface area contributed by atoms with Gasteiger partial charge in [0.15, 0.2) is 5.82 Å². The van der Waals surface area contributed by atoms with E-state index in [4.69, 9.17) is 23.2 Å². The molecule has 0 unspecified atom stereocenters. The molecule has 0 amide bonds. The molecule has 0 aliphatic carbocycles. The summed E-state index contributed by atoms with van der Waals surface area (Å²) >= 11 is 11.5. The minimum atomic E-state index is -0.602. The maximum Gasteiger partial charge on any atom is 0.160 e. The van der Waals surface area contributed by atoms with E-state index in [1.807, 2.05) is 18.3 Å². The van der Waals surface area contributed by atoms with Gasteiger partial charge in [-0.25, -0.2) is 9.37 Å². The molecule has 0 fully saturated rings. The standard InChI is InChI=1S/C14H10Cl2FN3/c15-11-4-9(5-12(16)13(11)17)19-6-8-7-20-14-10(8)2-1-3-18-14/h1-5,7,19H,6H2,(H,18,20). The van der Waals surface area contributed by atoms with Gasteiger partial charge in [0.2, 0.25) is 0 Å². The van der Waals surface area contributed by atoms with Crippen LogP contribution in [0, 0.1) is 5.82 Å². The van der Waals surface area contributed by atoms with Gasteiger partial charge in [0.05, 0.1) is 10.0 Å². The first-order chi connectivity index (χ1) is 9.65. The van der Waals surface area contributed by atoms with Crippen LogP contribution in [-0.2, 0) is 6.54 Å². The zero-order valence-corrected chi connectivity index (χ0v) is 11.8. The lowest BCUT2D eigenvalue weighted by molar-refractivity contribution is 0.629. The van der Waals surface area contributed by atoms with Gasteiger partial charge in [-0.1, -0.05) is 23.2 Å². The summed E-state index contributed by atoms with van der Waals surface area (Å²) in [5, 5.41) is 4.21. The average molecular weight is 310 g/mol. The number of rotatable bonds is 3. The fourth-order valence-corrected chi connectivity index (χ4v) is 2.50. The molecule has 0 saturated heterocycles. The van der Waals surface area contributed by atoms with Crippen LogP contribution >= 0.6 is 23.2 Å². The van der Waals surface area contributed by atoms with Crippen LogP contribution in [-0.4, -0.2) is 9.97 Å². The Kier molecular flexibility index (Phi) is 3.51. The van der Waals surface area contributed by atoms with Gasteiger partial charge in [-0.05, 0) is 29.8 Å². The van der Waals surface area contributed by atoms with Gasteiger partial charge in [0.25, 0.3) is 0 Å². The summed E-state index contributed by atoms with van der Waals surface area (Å²) in [5.74, 6) is -0.602. The Bertz CT molecular complexity index is 747. The second-order valence-corrected chi connectivity index (χ2v) is 5.14. The van der Waals surface area contributed by atoms with E-state index >= 15 is 0 Å². The maximum atomic E-state index is 13.3. The first-order valence-electron chi connectivity index (χ1n) is 5.94. The van der Waals surface area contributed by atoms with Gasteiger partial charge in [0.1, 0.15) is 5.65 Å². The molecule has 0 bridgehead atoms. The highest BCUT2D eigenvalue weighted by Crippen LogP contribution is 2.28. The first kappa shape index (κ1) is 13.2. The molecule has 6 heteroatoms. The predicted octanol–water partition coefficient (Wildman–Crippen LogP) is 4.62. The van der Waals surface area contributed by atoms with Crippen molar-refractivity contribution in [2.24, 2.45) is 0 Å². The second-order valence-electron chi connectivity index (χ2n) is 4.32. The summed E-state index contributed by atoms with van der Waals surface area (Å²) in [7, 11) is 0. The minimum absolute atomic E-state index is 0.000549. The predicted molar refractivity (Wildman–Crippen MR) is 79.8 cm³/mol. The molecule has 3 nitrogen and oxygen atoms in total. The molecule has 0 spiro atoms. The fourth-order valence-electron chi connectivity index (χ4n) is 2.01. The maximum absolute atomic E-state index is 13.3. The number of fused-ring (bicyclic) bond motifs is 1. The number of nitrogens with one attached hydrogen (secondary N) is 2. The normalized spacial score (nSPS) is 10.9. The van der Waals surface area contributed by atoms with E-state index in [0.717, 1.165) is 16.6 Å². The summed E-state index contributed by atoms with van der Waals surface area (Å²) in [6.45, 7) is 0.560. The molecular formula is C14H10Cl2FN3. The van der Waals surface area contributed by atoms with Crippen LogP contribution < -0.4 is 5.32 Å². The lowest BCUT2D eigenvalue weighted by atomic mass is 10.2. The van der Waals surface area contributed by atoms with Gasteiger partial charge in [-0.2, -0.15) is 0 Å². The van der Waals surface area contributed by atoms with Crippen LogP contribution in [0.15, 0.2) is 36.7 Å². The third-order valence-corrected chi connectivity index (χ3v) is 3.55. The molecule has 0 aliphatic heterocycles. The van der Waals surface area contributed by atoms with E-state index in [-0.39, 0.29) is 10.0 Å². The molecule has 0 radical (unpaired) electrons. The van der Waals surface area contributed by atoms with Gasteiger partial charge >= 0.3 is 0 Å². The first-order valence-corrected chi connectivity index (χ1v) is 6.70. The van der Waals surface area contributed by atoms with E-state index in [1.54, 1.807) is 6.20 Å². The van der Waals surface area contributed by atoms with Gasteiger partial charge in [0, 0.05) is 30.0 Å². The molecule has 2 N–H and O–H groups in total. The minimum Gasteiger partial charge on any atom is -0.381 e. The molecule has 3 rings (SSSR count). The average Bonchev–Trinajstić information content (AvgIpc) is 2.85. The molecule has 2 heterocycles. The van der Waals surface area contributed by atoms with Gasteiger partial charge in [-0.15, -0.1) is 0 Å². The van der Waals surface area contributed by atoms with Gasteiger partial charge in [-0.3, -0.25) is 0 Å². The Morgan fingerprint density at radius 2 is 2.00 bits per heavy atom. The van der Waals surface area contributed by atoms with Crippen molar-refractivity contribution in [2.75, 3.05) is 5.32 Å². The van der Waals surface area contributed by atoms with Crippen LogP contribution in [0.25, 0.3) is 11.0 Å². The Morgan fingerprint density at radius 1 is 1.25 bits per heavy atom. The fraction of sp³-hybridized carbons (Fsp3) is 0.0714. The van der Waals surface area contributed by atoms with Crippen molar-refractivity contribution < 1.29 is 4.39 Å². The summed E-state index contributed by atoms with van der Waals surface area (Å²) in [5.41, 5.74) is 2.56. The third kappa shape index (κ3) is 2.44. The molecular weight excluding hydrogens is 300 g/mol. The number of halogens is 3. The Labute approximate surface area is 124 Å². The number of hydrogen-bond acceptors (Lipinski definition) is 2. The van der Waals surface area contributed by atoms with Crippen molar-refractivity contribution in [1.29, 1.82) is 0 Å². The zero-order valence-electron chi connectivity index (χ0n) is 10.3.